The number of amides is 4. The third-order valence-corrected chi connectivity index (χ3v) is 6.12. The number of anilines is 1. The quantitative estimate of drug-likeness (QED) is 0.313. The number of nitrogens with zero attached hydrogens (tertiary/aromatic N) is 1. The van der Waals surface area contributed by atoms with Gasteiger partial charge in [0.1, 0.15) is 17.9 Å². The predicted octanol–water partition coefficient (Wildman–Crippen LogP) is 5.77. The van der Waals surface area contributed by atoms with Crippen molar-refractivity contribution in [2.75, 3.05) is 4.90 Å². The predicted molar refractivity (Wildman–Crippen MR) is 133 cm³/mol. The summed E-state index contributed by atoms with van der Waals surface area (Å²) >= 11 is 6.89. The zero-order valence-corrected chi connectivity index (χ0v) is 20.6. The number of benzene rings is 3. The zero-order chi connectivity index (χ0) is 23.5. The van der Waals surface area contributed by atoms with Crippen LogP contribution in [0, 0.1) is 6.92 Å². The van der Waals surface area contributed by atoms with Crippen LogP contribution in [-0.2, 0) is 16.2 Å². The van der Waals surface area contributed by atoms with Crippen molar-refractivity contribution in [3.8, 4) is 5.75 Å². The molecule has 0 aromatic heterocycles. The maximum atomic E-state index is 13.0. The van der Waals surface area contributed by atoms with Gasteiger partial charge in [0.2, 0.25) is 0 Å². The van der Waals surface area contributed by atoms with Crippen LogP contribution in [0.3, 0.4) is 0 Å². The van der Waals surface area contributed by atoms with Crippen molar-refractivity contribution in [3.05, 3.63) is 97.9 Å². The fourth-order valence-corrected chi connectivity index (χ4v) is 3.99. The van der Waals surface area contributed by atoms with Crippen molar-refractivity contribution in [1.82, 2.24) is 5.32 Å². The van der Waals surface area contributed by atoms with Gasteiger partial charge in [0.25, 0.3) is 11.8 Å². The number of aryl methyl sites for hydroxylation is 1. The van der Waals surface area contributed by atoms with E-state index in [0.29, 0.717) is 28.1 Å². The van der Waals surface area contributed by atoms with Gasteiger partial charge in [-0.3, -0.25) is 14.9 Å². The summed E-state index contributed by atoms with van der Waals surface area (Å²) in [6.07, 6.45) is 1.45. The lowest BCUT2D eigenvalue weighted by Gasteiger charge is -2.26. The minimum atomic E-state index is -0.774. The average Bonchev–Trinajstić information content (AvgIpc) is 2.78. The Hall–Kier alpha value is -3.23. The smallest absolute Gasteiger partial charge is 0.335 e. The van der Waals surface area contributed by atoms with E-state index in [4.69, 9.17) is 4.74 Å². The Kier molecular flexibility index (Phi) is 6.76. The molecule has 166 valence electrons. The van der Waals surface area contributed by atoms with Crippen molar-refractivity contribution in [1.29, 1.82) is 0 Å². The first kappa shape index (κ1) is 22.9. The molecule has 0 bridgehead atoms. The van der Waals surface area contributed by atoms with Crippen LogP contribution in [0.4, 0.5) is 10.5 Å². The molecule has 4 amide bonds. The minimum Gasteiger partial charge on any atom is -0.488 e. The van der Waals surface area contributed by atoms with Gasteiger partial charge in [0.15, 0.2) is 0 Å². The lowest BCUT2D eigenvalue weighted by atomic mass is 10.1. The molecule has 1 heterocycles. The van der Waals surface area contributed by atoms with E-state index >= 15 is 0 Å². The van der Waals surface area contributed by atoms with Gasteiger partial charge in [0.05, 0.1) is 10.2 Å². The Labute approximate surface area is 207 Å². The number of hydrogen-bond donors (Lipinski definition) is 1. The summed E-state index contributed by atoms with van der Waals surface area (Å²) in [5.41, 5.74) is 2.86. The van der Waals surface area contributed by atoms with Crippen molar-refractivity contribution in [2.45, 2.75) is 13.5 Å². The van der Waals surface area contributed by atoms with Crippen molar-refractivity contribution in [3.63, 3.8) is 0 Å². The molecule has 0 saturated carbocycles. The van der Waals surface area contributed by atoms with E-state index in [1.165, 1.54) is 6.08 Å². The molecule has 0 spiro atoms. The van der Waals surface area contributed by atoms with Crippen LogP contribution in [-0.4, -0.2) is 17.8 Å². The molecular weight excluding hydrogens is 552 g/mol. The molecule has 1 saturated heterocycles. The summed E-state index contributed by atoms with van der Waals surface area (Å²) in [7, 11) is 0. The molecule has 6 nitrogen and oxygen atoms in total. The molecule has 1 N–H and O–H groups in total. The van der Waals surface area contributed by atoms with E-state index in [-0.39, 0.29) is 5.57 Å². The number of ether oxygens (including phenoxy) is 1. The maximum absolute atomic E-state index is 13.0. The van der Waals surface area contributed by atoms with Crippen molar-refractivity contribution >= 4 is 61.5 Å². The second-order valence-corrected chi connectivity index (χ2v) is 9.17. The number of carbonyl (C=O) groups is 3. The number of imide groups is 2. The highest BCUT2D eigenvalue weighted by Crippen LogP contribution is 2.29. The Balaban J connectivity index is 1.55. The maximum Gasteiger partial charge on any atom is 0.335 e. The normalized spacial score (nSPS) is 15.1. The Morgan fingerprint density at radius 2 is 1.64 bits per heavy atom. The highest BCUT2D eigenvalue weighted by Gasteiger charge is 2.36. The lowest BCUT2D eigenvalue weighted by Crippen LogP contribution is -2.54. The summed E-state index contributed by atoms with van der Waals surface area (Å²) in [6, 6.07) is 19.2. The molecule has 1 aliphatic heterocycles. The number of carbonyl (C=O) groups excluding carboxylic acids is 3. The Morgan fingerprint density at radius 3 is 2.30 bits per heavy atom. The average molecular weight is 570 g/mol. The molecule has 0 atom stereocenters. The van der Waals surface area contributed by atoms with Gasteiger partial charge in [0, 0.05) is 4.47 Å². The number of barbiturate groups is 1. The highest BCUT2D eigenvalue weighted by atomic mass is 79.9. The second kappa shape index (κ2) is 9.72. The zero-order valence-electron chi connectivity index (χ0n) is 17.5. The van der Waals surface area contributed by atoms with Gasteiger partial charge < -0.3 is 4.74 Å². The number of hydrogen-bond acceptors (Lipinski definition) is 4. The highest BCUT2D eigenvalue weighted by molar-refractivity contribution is 9.10. The number of halogens is 2. The molecule has 0 unspecified atom stereocenters. The van der Waals surface area contributed by atoms with Crippen LogP contribution < -0.4 is 15.0 Å². The minimum absolute atomic E-state index is 0.134. The van der Waals surface area contributed by atoms with E-state index in [9.17, 15) is 14.4 Å². The number of nitrogens with one attached hydrogen (secondary N) is 1. The van der Waals surface area contributed by atoms with Crippen molar-refractivity contribution in [2.24, 2.45) is 0 Å². The van der Waals surface area contributed by atoms with Gasteiger partial charge in [-0.25, -0.2) is 9.69 Å². The largest absolute Gasteiger partial charge is 0.488 e. The molecule has 1 aliphatic rings. The fraction of sp³-hybridized carbons (Fsp3) is 0.0800. The summed E-state index contributed by atoms with van der Waals surface area (Å²) in [5.74, 6) is -0.796. The van der Waals surface area contributed by atoms with Crippen LogP contribution in [0.5, 0.6) is 5.75 Å². The van der Waals surface area contributed by atoms with E-state index in [1.807, 2.05) is 31.2 Å². The summed E-state index contributed by atoms with van der Waals surface area (Å²) < 4.78 is 7.53. The van der Waals surface area contributed by atoms with Crippen LogP contribution in [0.15, 0.2) is 81.2 Å². The van der Waals surface area contributed by atoms with Gasteiger partial charge in [-0.2, -0.15) is 0 Å². The molecule has 4 rings (SSSR count). The Bertz CT molecular complexity index is 1270. The second-order valence-electron chi connectivity index (χ2n) is 7.40. The van der Waals surface area contributed by atoms with E-state index in [1.54, 1.807) is 42.5 Å². The third kappa shape index (κ3) is 5.23. The van der Waals surface area contributed by atoms with Crippen LogP contribution in [0.25, 0.3) is 6.08 Å². The summed E-state index contributed by atoms with van der Waals surface area (Å²) in [5, 5.41) is 2.23. The van der Waals surface area contributed by atoms with Gasteiger partial charge in [-0.05, 0) is 76.5 Å². The van der Waals surface area contributed by atoms with Crippen LogP contribution in [0.1, 0.15) is 16.7 Å². The van der Waals surface area contributed by atoms with E-state index in [2.05, 4.69) is 37.2 Å². The fourth-order valence-electron chi connectivity index (χ4n) is 3.22. The standard InChI is InChI=1S/C25H18Br2N2O4/c1-15-2-9-19(10-3-15)29-24(31)20(23(30)28-25(29)32)12-17-6-11-22(21(27)13-17)33-14-16-4-7-18(26)8-5-16/h2-13H,14H2,1H3,(H,28,30,32). The monoisotopic (exact) mass is 568 g/mol. The molecule has 0 aliphatic carbocycles. The first-order valence-electron chi connectivity index (χ1n) is 9.97. The van der Waals surface area contributed by atoms with Gasteiger partial charge in [-0.1, -0.05) is 51.8 Å². The van der Waals surface area contributed by atoms with E-state index in [0.717, 1.165) is 20.5 Å². The molecule has 33 heavy (non-hydrogen) atoms. The number of rotatable bonds is 5. The first-order chi connectivity index (χ1) is 15.8. The Morgan fingerprint density at radius 1 is 0.939 bits per heavy atom. The van der Waals surface area contributed by atoms with Crippen LogP contribution >= 0.6 is 31.9 Å². The van der Waals surface area contributed by atoms with E-state index < -0.39 is 17.8 Å². The molecular formula is C25H18Br2N2O4. The molecule has 3 aromatic carbocycles. The lowest BCUT2D eigenvalue weighted by molar-refractivity contribution is -0.122. The summed E-state index contributed by atoms with van der Waals surface area (Å²) in [4.78, 5) is 38.7. The topological polar surface area (TPSA) is 75.7 Å². The van der Waals surface area contributed by atoms with Crippen LogP contribution in [0.2, 0.25) is 0 Å². The molecule has 1 fully saturated rings. The third-order valence-electron chi connectivity index (χ3n) is 4.97. The molecule has 0 radical (unpaired) electrons. The SMILES string of the molecule is Cc1ccc(N2C(=O)NC(=O)C(=Cc3ccc(OCc4ccc(Br)cc4)c(Br)c3)C2=O)cc1. The molecule has 3 aromatic rings. The van der Waals surface area contributed by atoms with Gasteiger partial charge >= 0.3 is 6.03 Å². The molecule has 8 heteroatoms. The summed E-state index contributed by atoms with van der Waals surface area (Å²) in [6.45, 7) is 2.29. The van der Waals surface area contributed by atoms with Gasteiger partial charge in [-0.15, -0.1) is 0 Å². The van der Waals surface area contributed by atoms with Crippen molar-refractivity contribution < 1.29 is 19.1 Å². The first-order valence-corrected chi connectivity index (χ1v) is 11.6. The number of urea groups is 1.